The highest BCUT2D eigenvalue weighted by molar-refractivity contribution is 5.80. The van der Waals surface area contributed by atoms with Crippen LogP contribution in [0.25, 0.3) is 0 Å². The molecular formula is C18H26N4O4. The number of carbonyl (C=O) groups excluding carboxylic acids is 2. The number of hydrogen-bond donors (Lipinski definition) is 2. The molecule has 0 unspecified atom stereocenters. The second-order valence-corrected chi connectivity index (χ2v) is 6.74. The van der Waals surface area contributed by atoms with Crippen molar-refractivity contribution in [1.29, 1.82) is 0 Å². The second-order valence-electron chi connectivity index (χ2n) is 6.74. The summed E-state index contributed by atoms with van der Waals surface area (Å²) in [7, 11) is 0. The molecule has 0 atom stereocenters. The largest absolute Gasteiger partial charge is 0.366 e. The Labute approximate surface area is 153 Å². The number of rotatable bonds is 7. The van der Waals surface area contributed by atoms with Crippen molar-refractivity contribution in [3.05, 3.63) is 34.4 Å². The summed E-state index contributed by atoms with van der Waals surface area (Å²) in [5.74, 6) is -0.227. The molecule has 2 rings (SSSR count). The number of carbonyl (C=O) groups is 2. The van der Waals surface area contributed by atoms with Crippen LogP contribution in [0.1, 0.15) is 26.7 Å². The molecule has 8 heteroatoms. The van der Waals surface area contributed by atoms with Gasteiger partial charge in [0.15, 0.2) is 0 Å². The van der Waals surface area contributed by atoms with Crippen molar-refractivity contribution in [3.63, 3.8) is 0 Å². The van der Waals surface area contributed by atoms with E-state index in [1.807, 2.05) is 18.7 Å². The lowest BCUT2D eigenvalue weighted by molar-refractivity contribution is -0.384. The van der Waals surface area contributed by atoms with E-state index in [0.29, 0.717) is 44.7 Å². The van der Waals surface area contributed by atoms with E-state index in [2.05, 4.69) is 10.6 Å². The van der Waals surface area contributed by atoms with E-state index in [1.54, 1.807) is 18.2 Å². The molecule has 0 aromatic heterocycles. The lowest BCUT2D eigenvalue weighted by Gasteiger charge is -2.32. The number of para-hydroxylation sites is 2. The summed E-state index contributed by atoms with van der Waals surface area (Å²) in [6.45, 7) is 5.66. The van der Waals surface area contributed by atoms with E-state index >= 15 is 0 Å². The Morgan fingerprint density at radius 3 is 2.42 bits per heavy atom. The lowest BCUT2D eigenvalue weighted by Crippen LogP contribution is -2.43. The molecule has 1 aliphatic heterocycles. The molecule has 1 fully saturated rings. The predicted molar refractivity (Wildman–Crippen MR) is 98.9 cm³/mol. The van der Waals surface area contributed by atoms with Gasteiger partial charge in [-0.25, -0.2) is 0 Å². The Balaban J connectivity index is 1.78. The molecule has 26 heavy (non-hydrogen) atoms. The zero-order chi connectivity index (χ0) is 19.1. The first-order valence-corrected chi connectivity index (χ1v) is 8.94. The Morgan fingerprint density at radius 1 is 1.19 bits per heavy atom. The molecule has 2 N–H and O–H groups in total. The predicted octanol–water partition coefficient (Wildman–Crippen LogP) is 1.70. The van der Waals surface area contributed by atoms with Crippen molar-refractivity contribution >= 4 is 23.2 Å². The average molecular weight is 362 g/mol. The lowest BCUT2D eigenvalue weighted by atomic mass is 9.95. The van der Waals surface area contributed by atoms with Gasteiger partial charge in [-0.3, -0.25) is 19.7 Å². The van der Waals surface area contributed by atoms with Crippen LogP contribution < -0.4 is 15.5 Å². The Bertz CT molecular complexity index is 654. The van der Waals surface area contributed by atoms with Crippen LogP contribution in [0.15, 0.2) is 24.3 Å². The van der Waals surface area contributed by atoms with Crippen LogP contribution in [0.2, 0.25) is 0 Å². The van der Waals surface area contributed by atoms with Gasteiger partial charge in [0.25, 0.3) is 5.69 Å². The fraction of sp³-hybridized carbons (Fsp3) is 0.556. The minimum absolute atomic E-state index is 0.0222. The molecule has 1 aromatic rings. The maximum Gasteiger partial charge on any atom is 0.292 e. The summed E-state index contributed by atoms with van der Waals surface area (Å²) in [6.07, 6.45) is 1.30. The number of nitrogens with zero attached hydrogens (tertiary/aromatic N) is 2. The standard InChI is InChI=1S/C18H26N4O4/c1-13(2)17(23)19-9-10-20-18(24)14-7-11-21(12-8-14)15-5-3-4-6-16(15)22(25)26/h3-6,13-14H,7-12H2,1-2H3,(H,19,23)(H,20,24). The van der Waals surface area contributed by atoms with Crippen LogP contribution in [0.5, 0.6) is 0 Å². The van der Waals surface area contributed by atoms with Crippen molar-refractivity contribution in [2.75, 3.05) is 31.1 Å². The number of amides is 2. The Hall–Kier alpha value is -2.64. The summed E-state index contributed by atoms with van der Waals surface area (Å²) >= 11 is 0. The van der Waals surface area contributed by atoms with Crippen molar-refractivity contribution < 1.29 is 14.5 Å². The monoisotopic (exact) mass is 362 g/mol. The number of piperidine rings is 1. The van der Waals surface area contributed by atoms with Gasteiger partial charge in [-0.05, 0) is 18.9 Å². The fourth-order valence-corrected chi connectivity index (χ4v) is 2.99. The van der Waals surface area contributed by atoms with Gasteiger partial charge in [0.1, 0.15) is 5.69 Å². The number of anilines is 1. The quantitative estimate of drug-likeness (QED) is 0.436. The van der Waals surface area contributed by atoms with Gasteiger partial charge >= 0.3 is 0 Å². The van der Waals surface area contributed by atoms with Gasteiger partial charge in [-0.1, -0.05) is 26.0 Å². The highest BCUT2D eigenvalue weighted by Crippen LogP contribution is 2.31. The van der Waals surface area contributed by atoms with Crippen molar-refractivity contribution in [3.8, 4) is 0 Å². The molecular weight excluding hydrogens is 336 g/mol. The van der Waals surface area contributed by atoms with Crippen LogP contribution in [-0.4, -0.2) is 42.9 Å². The Morgan fingerprint density at radius 2 is 1.81 bits per heavy atom. The molecule has 8 nitrogen and oxygen atoms in total. The van der Waals surface area contributed by atoms with Crippen LogP contribution in [0.3, 0.4) is 0 Å². The Kier molecular flexibility index (Phi) is 6.94. The molecule has 1 heterocycles. The molecule has 2 amide bonds. The second kappa shape index (κ2) is 9.17. The van der Waals surface area contributed by atoms with E-state index < -0.39 is 0 Å². The molecule has 0 saturated carbocycles. The summed E-state index contributed by atoms with van der Waals surface area (Å²) in [5.41, 5.74) is 0.698. The molecule has 142 valence electrons. The van der Waals surface area contributed by atoms with Gasteiger partial charge < -0.3 is 15.5 Å². The van der Waals surface area contributed by atoms with Crippen LogP contribution in [0.4, 0.5) is 11.4 Å². The fourth-order valence-electron chi connectivity index (χ4n) is 2.99. The van der Waals surface area contributed by atoms with Crippen LogP contribution in [0, 0.1) is 22.0 Å². The molecule has 0 aliphatic carbocycles. The minimum atomic E-state index is -0.375. The zero-order valence-corrected chi connectivity index (χ0v) is 15.2. The van der Waals surface area contributed by atoms with Gasteiger partial charge in [0.05, 0.1) is 4.92 Å². The maximum absolute atomic E-state index is 12.2. The molecule has 0 radical (unpaired) electrons. The van der Waals surface area contributed by atoms with Crippen LogP contribution >= 0.6 is 0 Å². The number of nitro groups is 1. The molecule has 1 aromatic carbocycles. The number of benzene rings is 1. The van der Waals surface area contributed by atoms with Crippen LogP contribution in [-0.2, 0) is 9.59 Å². The summed E-state index contributed by atoms with van der Waals surface area (Å²) in [6, 6.07) is 6.68. The van der Waals surface area contributed by atoms with Crippen molar-refractivity contribution in [2.24, 2.45) is 11.8 Å². The zero-order valence-electron chi connectivity index (χ0n) is 15.2. The highest BCUT2D eigenvalue weighted by atomic mass is 16.6. The third kappa shape index (κ3) is 5.18. The first-order valence-electron chi connectivity index (χ1n) is 8.94. The van der Waals surface area contributed by atoms with Gasteiger partial charge in [-0.2, -0.15) is 0 Å². The molecule has 1 saturated heterocycles. The van der Waals surface area contributed by atoms with Gasteiger partial charge in [0, 0.05) is 44.1 Å². The summed E-state index contributed by atoms with van der Waals surface area (Å²) in [5, 5.41) is 16.8. The maximum atomic E-state index is 12.2. The molecule has 0 spiro atoms. The summed E-state index contributed by atoms with van der Waals surface area (Å²) in [4.78, 5) is 36.4. The van der Waals surface area contributed by atoms with Gasteiger partial charge in [-0.15, -0.1) is 0 Å². The molecule has 0 bridgehead atoms. The van der Waals surface area contributed by atoms with Crippen molar-refractivity contribution in [1.82, 2.24) is 10.6 Å². The highest BCUT2D eigenvalue weighted by Gasteiger charge is 2.27. The SMILES string of the molecule is CC(C)C(=O)NCCNC(=O)C1CCN(c2ccccc2[N+](=O)[O-])CC1. The van der Waals surface area contributed by atoms with E-state index in [-0.39, 0.29) is 34.3 Å². The number of hydrogen-bond acceptors (Lipinski definition) is 5. The third-order valence-electron chi connectivity index (χ3n) is 4.53. The average Bonchev–Trinajstić information content (AvgIpc) is 2.64. The van der Waals surface area contributed by atoms with E-state index in [0.717, 1.165) is 0 Å². The van der Waals surface area contributed by atoms with Gasteiger partial charge in [0.2, 0.25) is 11.8 Å². The molecule has 1 aliphatic rings. The van der Waals surface area contributed by atoms with E-state index in [9.17, 15) is 19.7 Å². The van der Waals surface area contributed by atoms with E-state index in [1.165, 1.54) is 6.07 Å². The summed E-state index contributed by atoms with van der Waals surface area (Å²) < 4.78 is 0. The number of nitrogens with one attached hydrogen (secondary N) is 2. The third-order valence-corrected chi connectivity index (χ3v) is 4.53. The normalized spacial score (nSPS) is 15.0. The minimum Gasteiger partial charge on any atom is -0.366 e. The van der Waals surface area contributed by atoms with E-state index in [4.69, 9.17) is 0 Å². The topological polar surface area (TPSA) is 105 Å². The first kappa shape index (κ1) is 19.7. The first-order chi connectivity index (χ1) is 12.4. The van der Waals surface area contributed by atoms with Crippen molar-refractivity contribution in [2.45, 2.75) is 26.7 Å². The smallest absolute Gasteiger partial charge is 0.292 e. The number of nitro benzene ring substituents is 1.